The molecule has 2 aromatic rings. The van der Waals surface area contributed by atoms with E-state index < -0.39 is 0 Å². The van der Waals surface area contributed by atoms with Crippen LogP contribution in [0.1, 0.15) is 30.4 Å². The molecule has 0 aliphatic heterocycles. The standard InChI is InChI=1S/C11H13N5O/c1-8-10(3-2-6-12-8)17-7-11-13-14-15-16(11)9-4-5-9/h2-3,6,9H,4-5,7H2,1H3. The van der Waals surface area contributed by atoms with E-state index in [1.165, 1.54) is 0 Å². The fraction of sp³-hybridized carbons (Fsp3) is 0.455. The Morgan fingerprint density at radius 1 is 1.47 bits per heavy atom. The lowest BCUT2D eigenvalue weighted by Crippen LogP contribution is -2.07. The van der Waals surface area contributed by atoms with Crippen molar-refractivity contribution in [2.45, 2.75) is 32.4 Å². The van der Waals surface area contributed by atoms with E-state index in [1.54, 1.807) is 6.20 Å². The summed E-state index contributed by atoms with van der Waals surface area (Å²) in [5.74, 6) is 1.55. The lowest BCUT2D eigenvalue weighted by molar-refractivity contribution is 0.283. The molecule has 1 saturated carbocycles. The molecule has 0 N–H and O–H groups in total. The second kappa shape index (κ2) is 4.12. The van der Waals surface area contributed by atoms with Crippen LogP contribution in [0.25, 0.3) is 0 Å². The first-order chi connectivity index (χ1) is 8.34. The average molecular weight is 231 g/mol. The van der Waals surface area contributed by atoms with Crippen LogP contribution in [-0.2, 0) is 6.61 Å². The van der Waals surface area contributed by atoms with Gasteiger partial charge in [-0.3, -0.25) is 4.98 Å². The van der Waals surface area contributed by atoms with E-state index in [0.29, 0.717) is 12.6 Å². The van der Waals surface area contributed by atoms with Gasteiger partial charge in [-0.05, 0) is 42.3 Å². The van der Waals surface area contributed by atoms with Gasteiger partial charge in [-0.25, -0.2) is 4.68 Å². The monoisotopic (exact) mass is 231 g/mol. The van der Waals surface area contributed by atoms with E-state index >= 15 is 0 Å². The molecule has 1 aliphatic carbocycles. The lowest BCUT2D eigenvalue weighted by Gasteiger charge is -2.07. The molecule has 0 unspecified atom stereocenters. The molecule has 6 nitrogen and oxygen atoms in total. The molecule has 17 heavy (non-hydrogen) atoms. The maximum atomic E-state index is 5.67. The van der Waals surface area contributed by atoms with Crippen molar-refractivity contribution in [3.8, 4) is 5.75 Å². The van der Waals surface area contributed by atoms with Crippen LogP contribution in [0.5, 0.6) is 5.75 Å². The van der Waals surface area contributed by atoms with Gasteiger partial charge >= 0.3 is 0 Å². The molecule has 0 amide bonds. The van der Waals surface area contributed by atoms with Gasteiger partial charge < -0.3 is 4.74 Å². The number of ether oxygens (including phenoxy) is 1. The van der Waals surface area contributed by atoms with Crippen LogP contribution in [0.4, 0.5) is 0 Å². The Hall–Kier alpha value is -1.98. The van der Waals surface area contributed by atoms with Crippen LogP contribution in [-0.4, -0.2) is 25.2 Å². The quantitative estimate of drug-likeness (QED) is 0.793. The molecular formula is C11H13N5O. The van der Waals surface area contributed by atoms with Crippen LogP contribution in [0, 0.1) is 6.92 Å². The molecule has 0 spiro atoms. The molecule has 0 bridgehead atoms. The predicted molar refractivity (Wildman–Crippen MR) is 59.4 cm³/mol. The predicted octanol–water partition coefficient (Wildman–Crippen LogP) is 1.29. The Balaban J connectivity index is 1.71. The summed E-state index contributed by atoms with van der Waals surface area (Å²) in [5.41, 5.74) is 0.873. The number of nitrogens with zero attached hydrogens (tertiary/aromatic N) is 5. The van der Waals surface area contributed by atoms with Crippen molar-refractivity contribution < 1.29 is 4.74 Å². The molecule has 0 aromatic carbocycles. The molecule has 6 heteroatoms. The maximum absolute atomic E-state index is 5.67. The molecule has 0 saturated heterocycles. The van der Waals surface area contributed by atoms with Gasteiger partial charge in [0.25, 0.3) is 0 Å². The number of pyridine rings is 1. The first-order valence-electron chi connectivity index (χ1n) is 5.66. The van der Waals surface area contributed by atoms with Gasteiger partial charge in [0.05, 0.1) is 11.7 Å². The number of tetrazole rings is 1. The molecule has 2 heterocycles. The number of hydrogen-bond acceptors (Lipinski definition) is 5. The Bertz CT molecular complexity index is 520. The van der Waals surface area contributed by atoms with Crippen molar-refractivity contribution in [1.82, 2.24) is 25.2 Å². The van der Waals surface area contributed by atoms with Crippen molar-refractivity contribution >= 4 is 0 Å². The molecule has 0 radical (unpaired) electrons. The zero-order valence-electron chi connectivity index (χ0n) is 9.58. The summed E-state index contributed by atoms with van der Waals surface area (Å²) >= 11 is 0. The van der Waals surface area contributed by atoms with E-state index in [4.69, 9.17) is 4.74 Å². The maximum Gasteiger partial charge on any atom is 0.189 e. The van der Waals surface area contributed by atoms with E-state index in [0.717, 1.165) is 30.1 Å². The molecule has 2 aromatic heterocycles. The third-order valence-electron chi connectivity index (χ3n) is 2.77. The van der Waals surface area contributed by atoms with Gasteiger partial charge in [0.1, 0.15) is 12.4 Å². The summed E-state index contributed by atoms with van der Waals surface area (Å²) < 4.78 is 7.53. The molecule has 1 fully saturated rings. The highest BCUT2D eigenvalue weighted by atomic mass is 16.5. The SMILES string of the molecule is Cc1ncccc1OCc1nnnn1C1CC1. The molecule has 88 valence electrons. The van der Waals surface area contributed by atoms with E-state index in [9.17, 15) is 0 Å². The van der Waals surface area contributed by atoms with Crippen molar-refractivity contribution in [2.75, 3.05) is 0 Å². The van der Waals surface area contributed by atoms with Crippen molar-refractivity contribution in [2.24, 2.45) is 0 Å². The molecule has 0 atom stereocenters. The Morgan fingerprint density at radius 2 is 2.35 bits per heavy atom. The van der Waals surface area contributed by atoms with Crippen LogP contribution < -0.4 is 4.74 Å². The Morgan fingerprint density at radius 3 is 3.12 bits per heavy atom. The first-order valence-corrected chi connectivity index (χ1v) is 5.66. The summed E-state index contributed by atoms with van der Waals surface area (Å²) in [6.07, 6.45) is 4.06. The van der Waals surface area contributed by atoms with Gasteiger partial charge in [-0.1, -0.05) is 0 Å². The normalized spacial score (nSPS) is 14.9. The Labute approximate surface area is 98.6 Å². The van der Waals surface area contributed by atoms with Crippen molar-refractivity contribution in [3.63, 3.8) is 0 Å². The van der Waals surface area contributed by atoms with Gasteiger partial charge in [-0.2, -0.15) is 0 Å². The second-order valence-corrected chi connectivity index (χ2v) is 4.15. The van der Waals surface area contributed by atoms with Crippen LogP contribution >= 0.6 is 0 Å². The number of aryl methyl sites for hydroxylation is 1. The lowest BCUT2D eigenvalue weighted by atomic mass is 10.3. The molecule has 1 aliphatic rings. The fourth-order valence-electron chi connectivity index (χ4n) is 1.67. The summed E-state index contributed by atoms with van der Waals surface area (Å²) in [6.45, 7) is 2.30. The largest absolute Gasteiger partial charge is 0.484 e. The minimum Gasteiger partial charge on any atom is -0.484 e. The summed E-state index contributed by atoms with van der Waals surface area (Å²) in [6, 6.07) is 4.22. The van der Waals surface area contributed by atoms with Gasteiger partial charge in [0.15, 0.2) is 5.82 Å². The fourth-order valence-corrected chi connectivity index (χ4v) is 1.67. The van der Waals surface area contributed by atoms with E-state index in [-0.39, 0.29) is 0 Å². The van der Waals surface area contributed by atoms with Crippen molar-refractivity contribution in [3.05, 3.63) is 29.8 Å². The first kappa shape index (κ1) is 10.2. The van der Waals surface area contributed by atoms with E-state index in [2.05, 4.69) is 20.5 Å². The third-order valence-corrected chi connectivity index (χ3v) is 2.77. The van der Waals surface area contributed by atoms with Gasteiger partial charge in [0, 0.05) is 6.20 Å². The van der Waals surface area contributed by atoms with Gasteiger partial charge in [-0.15, -0.1) is 5.10 Å². The highest BCUT2D eigenvalue weighted by Gasteiger charge is 2.27. The van der Waals surface area contributed by atoms with Gasteiger partial charge in [0.2, 0.25) is 0 Å². The summed E-state index contributed by atoms with van der Waals surface area (Å²) in [4.78, 5) is 4.17. The van der Waals surface area contributed by atoms with Crippen molar-refractivity contribution in [1.29, 1.82) is 0 Å². The van der Waals surface area contributed by atoms with Crippen LogP contribution in [0.2, 0.25) is 0 Å². The summed E-state index contributed by atoms with van der Waals surface area (Å²) in [7, 11) is 0. The highest BCUT2D eigenvalue weighted by molar-refractivity contribution is 5.25. The third kappa shape index (κ3) is 2.11. The highest BCUT2D eigenvalue weighted by Crippen LogP contribution is 2.34. The number of rotatable bonds is 4. The summed E-state index contributed by atoms with van der Waals surface area (Å²) in [5, 5.41) is 11.6. The molecular weight excluding hydrogens is 218 g/mol. The molecule has 3 rings (SSSR count). The van der Waals surface area contributed by atoms with E-state index in [1.807, 2.05) is 23.7 Å². The van der Waals surface area contributed by atoms with Crippen LogP contribution in [0.3, 0.4) is 0 Å². The minimum absolute atomic E-state index is 0.385. The number of aromatic nitrogens is 5. The Kier molecular flexibility index (Phi) is 2.47. The average Bonchev–Trinajstić information content (AvgIpc) is 3.08. The zero-order chi connectivity index (χ0) is 11.7. The second-order valence-electron chi connectivity index (χ2n) is 4.15. The smallest absolute Gasteiger partial charge is 0.189 e. The van der Waals surface area contributed by atoms with Crippen LogP contribution in [0.15, 0.2) is 18.3 Å². The number of hydrogen-bond donors (Lipinski definition) is 0. The topological polar surface area (TPSA) is 65.7 Å². The minimum atomic E-state index is 0.385. The zero-order valence-corrected chi connectivity index (χ0v) is 9.58.